The van der Waals surface area contributed by atoms with Crippen LogP contribution in [0.5, 0.6) is 0 Å². The van der Waals surface area contributed by atoms with E-state index in [2.05, 4.69) is 20.4 Å². The number of rotatable bonds is 10. The Kier molecular flexibility index (Phi) is 19.2. The molecule has 0 aliphatic rings. The second-order valence-corrected chi connectivity index (χ2v) is 4.34. The van der Waals surface area contributed by atoms with E-state index in [4.69, 9.17) is 5.11 Å². The average molecular weight is 242 g/mol. The van der Waals surface area contributed by atoms with Crippen LogP contribution in [0.2, 0.25) is 0 Å². The van der Waals surface area contributed by atoms with Crippen molar-refractivity contribution in [3.8, 4) is 0 Å². The fourth-order valence-corrected chi connectivity index (χ4v) is 1.42. The fraction of sp³-hybridized carbons (Fsp3) is 0.800. The van der Waals surface area contributed by atoms with Gasteiger partial charge >= 0.3 is 5.97 Å². The summed E-state index contributed by atoms with van der Waals surface area (Å²) in [5, 5.41) is 8.14. The molecule has 0 spiro atoms. The number of carboxylic acids is 1. The molecule has 1 N–H and O–H groups in total. The molecule has 0 heterocycles. The van der Waals surface area contributed by atoms with Crippen molar-refractivity contribution in [3.05, 3.63) is 12.7 Å². The molecular formula is C15H30O2. The summed E-state index contributed by atoms with van der Waals surface area (Å²) in [6.45, 7) is 7.98. The van der Waals surface area contributed by atoms with Crippen LogP contribution in [0.3, 0.4) is 0 Å². The Morgan fingerprint density at radius 3 is 2.00 bits per heavy atom. The van der Waals surface area contributed by atoms with Crippen molar-refractivity contribution in [3.63, 3.8) is 0 Å². The Bertz CT molecular complexity index is 164. The van der Waals surface area contributed by atoms with Crippen LogP contribution in [0.4, 0.5) is 0 Å². The second kappa shape index (κ2) is 17.6. The van der Waals surface area contributed by atoms with Crippen LogP contribution < -0.4 is 0 Å². The van der Waals surface area contributed by atoms with Gasteiger partial charge in [0, 0.05) is 6.42 Å². The normalized spacial score (nSPS) is 9.29. The summed E-state index contributed by atoms with van der Waals surface area (Å²) in [4.78, 5) is 9.87. The number of carboxylic acid groups (broad SMARTS) is 1. The second-order valence-electron chi connectivity index (χ2n) is 4.34. The zero-order chi connectivity index (χ0) is 13.4. The van der Waals surface area contributed by atoms with Crippen molar-refractivity contribution in [1.29, 1.82) is 0 Å². The van der Waals surface area contributed by atoms with Crippen LogP contribution in [0, 0.1) is 0 Å². The first-order valence-corrected chi connectivity index (χ1v) is 7.01. The van der Waals surface area contributed by atoms with E-state index in [0.29, 0.717) is 6.42 Å². The molecule has 0 aromatic carbocycles. The number of hydrogen-bond acceptors (Lipinski definition) is 1. The summed E-state index contributed by atoms with van der Waals surface area (Å²) < 4.78 is 0. The van der Waals surface area contributed by atoms with Crippen molar-refractivity contribution in [2.45, 2.75) is 78.1 Å². The lowest BCUT2D eigenvalue weighted by molar-refractivity contribution is -0.137. The third kappa shape index (κ3) is 25.5. The highest BCUT2D eigenvalue weighted by Gasteiger charge is 1.92. The highest BCUT2D eigenvalue weighted by molar-refractivity contribution is 5.66. The van der Waals surface area contributed by atoms with Crippen molar-refractivity contribution < 1.29 is 9.90 Å². The summed E-state index contributed by atoms with van der Waals surface area (Å²) in [7, 11) is 0. The standard InChI is InChI=1S/C9H18.C6H12O2/c1-3-5-7-9-8-6-4-2;1-2-3-4-5-6(7)8/h3H,1,4-9H2,2H3;2-5H2,1H3,(H,7,8). The quantitative estimate of drug-likeness (QED) is 0.423. The zero-order valence-electron chi connectivity index (χ0n) is 11.7. The third-order valence-electron chi connectivity index (χ3n) is 2.51. The lowest BCUT2D eigenvalue weighted by atomic mass is 10.1. The van der Waals surface area contributed by atoms with Gasteiger partial charge in [-0.05, 0) is 19.3 Å². The summed E-state index contributed by atoms with van der Waals surface area (Å²) in [6.07, 6.45) is 13.4. The molecule has 0 aliphatic heterocycles. The molecule has 0 amide bonds. The number of allylic oxidation sites excluding steroid dienone is 1. The Morgan fingerprint density at radius 1 is 1.00 bits per heavy atom. The van der Waals surface area contributed by atoms with Crippen molar-refractivity contribution in [1.82, 2.24) is 0 Å². The minimum absolute atomic E-state index is 0.327. The Balaban J connectivity index is 0. The molecule has 0 bridgehead atoms. The van der Waals surface area contributed by atoms with Crippen LogP contribution in [-0.4, -0.2) is 11.1 Å². The van der Waals surface area contributed by atoms with Crippen LogP contribution in [0.25, 0.3) is 0 Å². The SMILES string of the molecule is C=CCCCCCCC.CCCCCC(=O)O. The first-order chi connectivity index (χ1) is 8.18. The molecule has 0 saturated heterocycles. The van der Waals surface area contributed by atoms with Crippen molar-refractivity contribution in [2.24, 2.45) is 0 Å². The topological polar surface area (TPSA) is 37.3 Å². The monoisotopic (exact) mass is 242 g/mol. The molecule has 17 heavy (non-hydrogen) atoms. The van der Waals surface area contributed by atoms with Gasteiger partial charge in [0.1, 0.15) is 0 Å². The lowest BCUT2D eigenvalue weighted by Crippen LogP contribution is -1.92. The lowest BCUT2D eigenvalue weighted by Gasteiger charge is -1.94. The van der Waals surface area contributed by atoms with Gasteiger partial charge in [0.05, 0.1) is 0 Å². The van der Waals surface area contributed by atoms with Crippen LogP contribution >= 0.6 is 0 Å². The van der Waals surface area contributed by atoms with E-state index in [-0.39, 0.29) is 0 Å². The maximum atomic E-state index is 9.87. The number of hydrogen-bond donors (Lipinski definition) is 1. The largest absolute Gasteiger partial charge is 0.481 e. The van der Waals surface area contributed by atoms with Crippen LogP contribution in [0.15, 0.2) is 12.7 Å². The van der Waals surface area contributed by atoms with E-state index >= 15 is 0 Å². The van der Waals surface area contributed by atoms with E-state index in [1.54, 1.807) is 0 Å². The molecule has 0 saturated carbocycles. The van der Waals surface area contributed by atoms with E-state index in [0.717, 1.165) is 19.3 Å². The highest BCUT2D eigenvalue weighted by atomic mass is 16.4. The fourth-order valence-electron chi connectivity index (χ4n) is 1.42. The van der Waals surface area contributed by atoms with E-state index in [1.165, 1.54) is 38.5 Å². The van der Waals surface area contributed by atoms with E-state index in [1.807, 2.05) is 6.08 Å². The van der Waals surface area contributed by atoms with Gasteiger partial charge in [-0.2, -0.15) is 0 Å². The molecule has 0 rings (SSSR count). The van der Waals surface area contributed by atoms with E-state index in [9.17, 15) is 4.79 Å². The maximum Gasteiger partial charge on any atom is 0.303 e. The molecular weight excluding hydrogens is 212 g/mol. The predicted molar refractivity (Wildman–Crippen MR) is 75.4 cm³/mol. The number of carbonyl (C=O) groups is 1. The summed E-state index contributed by atoms with van der Waals surface area (Å²) in [6, 6.07) is 0. The molecule has 2 heteroatoms. The molecule has 0 aliphatic carbocycles. The number of unbranched alkanes of at least 4 members (excludes halogenated alkanes) is 7. The molecule has 0 atom stereocenters. The predicted octanol–water partition coefficient (Wildman–Crippen LogP) is 5.18. The van der Waals surface area contributed by atoms with Gasteiger partial charge in [-0.1, -0.05) is 58.4 Å². The first kappa shape index (κ1) is 18.6. The molecule has 2 nitrogen and oxygen atoms in total. The van der Waals surface area contributed by atoms with Gasteiger partial charge in [-0.15, -0.1) is 6.58 Å². The summed E-state index contributed by atoms with van der Waals surface area (Å²) in [5.74, 6) is -0.682. The maximum absolute atomic E-state index is 9.87. The van der Waals surface area contributed by atoms with Crippen molar-refractivity contribution in [2.75, 3.05) is 0 Å². The number of aliphatic carboxylic acids is 1. The molecule has 0 aromatic rings. The summed E-state index contributed by atoms with van der Waals surface area (Å²) >= 11 is 0. The van der Waals surface area contributed by atoms with Gasteiger partial charge in [-0.3, -0.25) is 4.79 Å². The van der Waals surface area contributed by atoms with Gasteiger partial charge in [-0.25, -0.2) is 0 Å². The zero-order valence-corrected chi connectivity index (χ0v) is 11.7. The summed E-state index contributed by atoms with van der Waals surface area (Å²) in [5.41, 5.74) is 0. The molecule has 0 radical (unpaired) electrons. The van der Waals surface area contributed by atoms with E-state index < -0.39 is 5.97 Å². The molecule has 102 valence electrons. The van der Waals surface area contributed by atoms with Crippen molar-refractivity contribution >= 4 is 5.97 Å². The smallest absolute Gasteiger partial charge is 0.303 e. The van der Waals surface area contributed by atoms with Crippen LogP contribution in [0.1, 0.15) is 78.1 Å². The molecule has 0 unspecified atom stereocenters. The Labute approximate surface area is 107 Å². The molecule has 0 aromatic heterocycles. The first-order valence-electron chi connectivity index (χ1n) is 7.01. The van der Waals surface area contributed by atoms with Gasteiger partial charge in [0.25, 0.3) is 0 Å². The minimum atomic E-state index is -0.682. The average Bonchev–Trinajstić information content (AvgIpc) is 2.30. The van der Waals surface area contributed by atoms with Crippen LogP contribution in [-0.2, 0) is 4.79 Å². The van der Waals surface area contributed by atoms with Gasteiger partial charge < -0.3 is 5.11 Å². The van der Waals surface area contributed by atoms with Gasteiger partial charge in [0.2, 0.25) is 0 Å². The highest BCUT2D eigenvalue weighted by Crippen LogP contribution is 2.04. The minimum Gasteiger partial charge on any atom is -0.481 e. The Morgan fingerprint density at radius 2 is 1.53 bits per heavy atom. The third-order valence-corrected chi connectivity index (χ3v) is 2.51. The Hall–Kier alpha value is -0.790. The molecule has 0 fully saturated rings. The van der Waals surface area contributed by atoms with Gasteiger partial charge in [0.15, 0.2) is 0 Å².